The first-order chi connectivity index (χ1) is 9.67. The van der Waals surface area contributed by atoms with Crippen LogP contribution in [0.2, 0.25) is 0 Å². The number of hydrogen-bond acceptors (Lipinski definition) is 3. The fraction of sp³-hybridized carbons (Fsp3) is 0.533. The van der Waals surface area contributed by atoms with Gasteiger partial charge in [-0.3, -0.25) is 4.79 Å². The average molecular weight is 357 g/mol. The second-order valence-corrected chi connectivity index (χ2v) is 7.21. The lowest BCUT2D eigenvalue weighted by Crippen LogP contribution is -2.39. The molecule has 2 atom stereocenters. The zero-order valence-corrected chi connectivity index (χ0v) is 14.1. The zero-order chi connectivity index (χ0) is 14.4. The molecule has 2 unspecified atom stereocenters. The Morgan fingerprint density at radius 3 is 3.05 bits per heavy atom. The number of halogens is 1. The second kappa shape index (κ2) is 8.05. The van der Waals surface area contributed by atoms with Gasteiger partial charge in [-0.05, 0) is 43.7 Å². The summed E-state index contributed by atoms with van der Waals surface area (Å²) >= 11 is 5.34. The van der Waals surface area contributed by atoms with Crippen LogP contribution < -0.4 is 10.6 Å². The van der Waals surface area contributed by atoms with Gasteiger partial charge in [0.25, 0.3) is 0 Å². The summed E-state index contributed by atoms with van der Waals surface area (Å²) in [7, 11) is 0. The van der Waals surface area contributed by atoms with Crippen molar-refractivity contribution < 1.29 is 4.79 Å². The molecule has 0 saturated heterocycles. The van der Waals surface area contributed by atoms with Gasteiger partial charge in [-0.1, -0.05) is 28.4 Å². The van der Waals surface area contributed by atoms with E-state index in [9.17, 15) is 4.79 Å². The molecule has 2 rings (SSSR count). The molecule has 1 fully saturated rings. The van der Waals surface area contributed by atoms with E-state index in [1.54, 1.807) is 0 Å². The summed E-state index contributed by atoms with van der Waals surface area (Å²) < 4.78 is 0.971. The van der Waals surface area contributed by atoms with Gasteiger partial charge in [-0.2, -0.15) is 11.8 Å². The van der Waals surface area contributed by atoms with Crippen molar-refractivity contribution in [1.29, 1.82) is 0 Å². The molecule has 3 nitrogen and oxygen atoms in total. The first-order valence-electron chi connectivity index (χ1n) is 6.99. The lowest BCUT2D eigenvalue weighted by Gasteiger charge is -2.28. The standard InChI is InChI=1S/C15H21BrN2OS/c1-20-14-7-3-5-12(9-14)17-10-15(19)18-13-6-2-4-11(16)8-13/h2,4,6,8,12,14,17H,3,5,7,9-10H2,1H3,(H,18,19). The monoisotopic (exact) mass is 356 g/mol. The van der Waals surface area contributed by atoms with Gasteiger partial charge in [0.05, 0.1) is 6.54 Å². The van der Waals surface area contributed by atoms with Gasteiger partial charge in [0.2, 0.25) is 5.91 Å². The highest BCUT2D eigenvalue weighted by Crippen LogP contribution is 2.26. The molecule has 0 aromatic heterocycles. The molecule has 2 N–H and O–H groups in total. The summed E-state index contributed by atoms with van der Waals surface area (Å²) in [4.78, 5) is 11.9. The van der Waals surface area contributed by atoms with E-state index in [1.165, 1.54) is 25.7 Å². The van der Waals surface area contributed by atoms with Crippen LogP contribution in [0.5, 0.6) is 0 Å². The zero-order valence-electron chi connectivity index (χ0n) is 11.7. The van der Waals surface area contributed by atoms with E-state index in [0.717, 1.165) is 15.4 Å². The van der Waals surface area contributed by atoms with E-state index in [-0.39, 0.29) is 5.91 Å². The molecule has 1 aromatic rings. The van der Waals surface area contributed by atoms with Gasteiger partial charge in [-0.25, -0.2) is 0 Å². The fourth-order valence-corrected chi connectivity index (χ4v) is 3.78. The Balaban J connectivity index is 1.75. The van der Waals surface area contributed by atoms with Crippen LogP contribution in [0.4, 0.5) is 5.69 Å². The second-order valence-electron chi connectivity index (χ2n) is 5.16. The van der Waals surface area contributed by atoms with Crippen molar-refractivity contribution in [3.05, 3.63) is 28.7 Å². The number of nitrogens with one attached hydrogen (secondary N) is 2. The lowest BCUT2D eigenvalue weighted by atomic mass is 9.95. The molecule has 0 aliphatic heterocycles. The smallest absolute Gasteiger partial charge is 0.238 e. The number of anilines is 1. The van der Waals surface area contributed by atoms with Crippen molar-refractivity contribution in [2.24, 2.45) is 0 Å². The summed E-state index contributed by atoms with van der Waals surface area (Å²) in [5, 5.41) is 7.04. The van der Waals surface area contributed by atoms with Crippen LogP contribution in [0.25, 0.3) is 0 Å². The number of amides is 1. The minimum Gasteiger partial charge on any atom is -0.325 e. The highest BCUT2D eigenvalue weighted by Gasteiger charge is 2.21. The Bertz CT molecular complexity index is 455. The molecule has 1 aliphatic rings. The Hall–Kier alpha value is -0.520. The number of carbonyl (C=O) groups excluding carboxylic acids is 1. The minimum absolute atomic E-state index is 0.0226. The van der Waals surface area contributed by atoms with E-state index in [4.69, 9.17) is 0 Å². The van der Waals surface area contributed by atoms with Crippen LogP contribution in [0.15, 0.2) is 28.7 Å². The topological polar surface area (TPSA) is 41.1 Å². The summed E-state index contributed by atoms with van der Waals surface area (Å²) in [6.07, 6.45) is 7.10. The number of thioether (sulfide) groups is 1. The maximum absolute atomic E-state index is 11.9. The maximum Gasteiger partial charge on any atom is 0.238 e. The SMILES string of the molecule is CSC1CCCC(NCC(=O)Nc2cccc(Br)c2)C1. The fourth-order valence-electron chi connectivity index (χ4n) is 2.55. The molecule has 20 heavy (non-hydrogen) atoms. The normalized spacial score (nSPS) is 22.5. The van der Waals surface area contributed by atoms with Crippen LogP contribution in [0.3, 0.4) is 0 Å². The van der Waals surface area contributed by atoms with Crippen molar-refractivity contribution in [3.63, 3.8) is 0 Å². The predicted molar refractivity (Wildman–Crippen MR) is 90.3 cm³/mol. The van der Waals surface area contributed by atoms with Crippen molar-refractivity contribution in [3.8, 4) is 0 Å². The summed E-state index contributed by atoms with van der Waals surface area (Å²) in [6.45, 7) is 0.387. The first-order valence-corrected chi connectivity index (χ1v) is 9.07. The third-order valence-electron chi connectivity index (χ3n) is 3.62. The Morgan fingerprint density at radius 2 is 2.30 bits per heavy atom. The highest BCUT2D eigenvalue weighted by molar-refractivity contribution is 9.10. The largest absolute Gasteiger partial charge is 0.325 e. The summed E-state index contributed by atoms with van der Waals surface area (Å²) in [5.41, 5.74) is 0.830. The van der Waals surface area contributed by atoms with Crippen molar-refractivity contribution in [2.75, 3.05) is 18.1 Å². The van der Waals surface area contributed by atoms with Gasteiger partial charge in [-0.15, -0.1) is 0 Å². The molecule has 1 aromatic carbocycles. The van der Waals surface area contributed by atoms with E-state index in [1.807, 2.05) is 36.0 Å². The van der Waals surface area contributed by atoms with Crippen molar-refractivity contribution in [2.45, 2.75) is 37.0 Å². The quantitative estimate of drug-likeness (QED) is 0.845. The number of rotatable bonds is 5. The van der Waals surface area contributed by atoms with Crippen LogP contribution in [-0.2, 0) is 4.79 Å². The number of carbonyl (C=O) groups is 1. The highest BCUT2D eigenvalue weighted by atomic mass is 79.9. The van der Waals surface area contributed by atoms with E-state index < -0.39 is 0 Å². The predicted octanol–water partition coefficient (Wildman–Crippen LogP) is 3.65. The summed E-state index contributed by atoms with van der Waals surface area (Å²) in [5.74, 6) is 0.0226. The third-order valence-corrected chi connectivity index (χ3v) is 5.21. The molecule has 0 bridgehead atoms. The van der Waals surface area contributed by atoms with Crippen molar-refractivity contribution in [1.82, 2.24) is 5.32 Å². The van der Waals surface area contributed by atoms with Crippen LogP contribution in [-0.4, -0.2) is 30.0 Å². The molecule has 1 amide bonds. The van der Waals surface area contributed by atoms with Gasteiger partial charge >= 0.3 is 0 Å². The number of benzene rings is 1. The minimum atomic E-state index is 0.0226. The molecule has 1 saturated carbocycles. The van der Waals surface area contributed by atoms with Gasteiger partial charge in [0.15, 0.2) is 0 Å². The van der Waals surface area contributed by atoms with Gasteiger partial charge in [0, 0.05) is 21.5 Å². The average Bonchev–Trinajstić information content (AvgIpc) is 2.45. The third kappa shape index (κ3) is 5.11. The molecule has 5 heteroatoms. The Labute approximate surface area is 133 Å². The molecule has 1 aliphatic carbocycles. The molecule has 110 valence electrons. The summed E-state index contributed by atoms with van der Waals surface area (Å²) in [6, 6.07) is 8.14. The lowest BCUT2D eigenvalue weighted by molar-refractivity contribution is -0.115. The molecule has 0 radical (unpaired) electrons. The number of hydrogen-bond donors (Lipinski definition) is 2. The van der Waals surface area contributed by atoms with E-state index in [0.29, 0.717) is 12.6 Å². The van der Waals surface area contributed by atoms with Gasteiger partial charge in [0.1, 0.15) is 0 Å². The molecule has 0 spiro atoms. The Kier molecular flexibility index (Phi) is 6.39. The van der Waals surface area contributed by atoms with Crippen LogP contribution in [0, 0.1) is 0 Å². The van der Waals surface area contributed by atoms with E-state index in [2.05, 4.69) is 32.8 Å². The van der Waals surface area contributed by atoms with Gasteiger partial charge < -0.3 is 10.6 Å². The van der Waals surface area contributed by atoms with Crippen LogP contribution >= 0.6 is 27.7 Å². The molecule has 0 heterocycles. The Morgan fingerprint density at radius 1 is 1.45 bits per heavy atom. The first kappa shape index (κ1) is 15.9. The maximum atomic E-state index is 11.9. The van der Waals surface area contributed by atoms with E-state index >= 15 is 0 Å². The van der Waals surface area contributed by atoms with Crippen molar-refractivity contribution >= 4 is 39.3 Å². The molecular weight excluding hydrogens is 336 g/mol. The van der Waals surface area contributed by atoms with Crippen LogP contribution in [0.1, 0.15) is 25.7 Å². The molecular formula is C15H21BrN2OS.